The van der Waals surface area contributed by atoms with Crippen molar-refractivity contribution < 1.29 is 29.0 Å². The minimum absolute atomic E-state index is 0.00398. The topological polar surface area (TPSA) is 96.4 Å². The summed E-state index contributed by atoms with van der Waals surface area (Å²) < 4.78 is 11.4. The first-order valence-corrected chi connectivity index (χ1v) is 10.7. The van der Waals surface area contributed by atoms with Crippen LogP contribution in [0.5, 0.6) is 0 Å². The van der Waals surface area contributed by atoms with E-state index in [1.54, 1.807) is 23.6 Å². The van der Waals surface area contributed by atoms with Gasteiger partial charge < -0.3 is 24.4 Å². The van der Waals surface area contributed by atoms with Gasteiger partial charge in [-0.05, 0) is 12.8 Å². The highest BCUT2D eigenvalue weighted by Gasteiger charge is 2.25. The van der Waals surface area contributed by atoms with Gasteiger partial charge in [-0.25, -0.2) is 0 Å². The smallest absolute Gasteiger partial charge is 0.306 e. The van der Waals surface area contributed by atoms with Crippen LogP contribution >= 0.6 is 0 Å². The summed E-state index contributed by atoms with van der Waals surface area (Å²) in [6.45, 7) is 10.9. The van der Waals surface area contributed by atoms with Crippen LogP contribution in [0.25, 0.3) is 0 Å². The van der Waals surface area contributed by atoms with Gasteiger partial charge in [0.05, 0.1) is 32.3 Å². The summed E-state index contributed by atoms with van der Waals surface area (Å²) >= 11 is 0. The van der Waals surface area contributed by atoms with E-state index < -0.39 is 11.9 Å². The second-order valence-corrected chi connectivity index (χ2v) is 7.94. The fraction of sp³-hybridized carbons (Fsp3) is 0.857. The minimum atomic E-state index is -0.891. The zero-order valence-corrected chi connectivity index (χ0v) is 18.4. The molecule has 0 bridgehead atoms. The molecule has 1 rings (SSSR count). The molecule has 168 valence electrons. The first kappa shape index (κ1) is 25.4. The average molecular weight is 415 g/mol. The second kappa shape index (κ2) is 13.5. The maximum absolute atomic E-state index is 12.7. The Morgan fingerprint density at radius 1 is 0.793 bits per heavy atom. The second-order valence-electron chi connectivity index (χ2n) is 7.94. The molecule has 0 unspecified atom stereocenters. The van der Waals surface area contributed by atoms with Crippen molar-refractivity contribution in [2.24, 2.45) is 17.8 Å². The van der Waals surface area contributed by atoms with E-state index in [9.17, 15) is 14.4 Å². The Kier molecular flexibility index (Phi) is 11.8. The number of rotatable bonds is 7. The highest BCUT2D eigenvalue weighted by atomic mass is 16.5. The summed E-state index contributed by atoms with van der Waals surface area (Å²) in [6, 6.07) is 0. The highest BCUT2D eigenvalue weighted by molar-refractivity contribution is 5.79. The number of hydrogen-bond acceptors (Lipinski definition) is 5. The van der Waals surface area contributed by atoms with Crippen molar-refractivity contribution in [1.82, 2.24) is 9.80 Å². The molecule has 0 aromatic carbocycles. The Labute approximate surface area is 174 Å². The molecule has 0 aromatic heterocycles. The highest BCUT2D eigenvalue weighted by Crippen LogP contribution is 2.15. The number of ether oxygens (including phenoxy) is 2. The first-order valence-electron chi connectivity index (χ1n) is 10.7. The summed E-state index contributed by atoms with van der Waals surface area (Å²) in [5, 5.41) is 9.06. The van der Waals surface area contributed by atoms with E-state index >= 15 is 0 Å². The summed E-state index contributed by atoms with van der Waals surface area (Å²) in [4.78, 5) is 39.8. The van der Waals surface area contributed by atoms with Crippen LogP contribution in [-0.4, -0.2) is 85.3 Å². The summed E-state index contributed by atoms with van der Waals surface area (Å²) in [7, 11) is 0. The third kappa shape index (κ3) is 9.12. The lowest BCUT2D eigenvalue weighted by Crippen LogP contribution is -2.43. The van der Waals surface area contributed by atoms with Crippen molar-refractivity contribution >= 4 is 17.8 Å². The lowest BCUT2D eigenvalue weighted by atomic mass is 9.96. The molecule has 0 aliphatic carbocycles. The molecule has 29 heavy (non-hydrogen) atoms. The number of hydrogen-bond donors (Lipinski definition) is 1. The molecule has 0 aromatic rings. The van der Waals surface area contributed by atoms with Crippen molar-refractivity contribution in [3.05, 3.63) is 0 Å². The number of carboxylic acids is 1. The maximum Gasteiger partial charge on any atom is 0.306 e. The number of carbonyl (C=O) groups is 3. The molecule has 1 saturated heterocycles. The molecule has 1 aliphatic heterocycles. The molecule has 1 heterocycles. The third-order valence-electron chi connectivity index (χ3n) is 5.34. The lowest BCUT2D eigenvalue weighted by molar-refractivity contribution is -0.143. The Hall–Kier alpha value is -1.67. The van der Waals surface area contributed by atoms with Crippen LogP contribution in [0.3, 0.4) is 0 Å². The number of carbonyl (C=O) groups excluding carboxylic acids is 2. The van der Waals surface area contributed by atoms with Gasteiger partial charge in [-0.15, -0.1) is 0 Å². The molecule has 1 fully saturated rings. The van der Waals surface area contributed by atoms with Crippen molar-refractivity contribution in [3.63, 3.8) is 0 Å². The molecule has 0 radical (unpaired) electrons. The van der Waals surface area contributed by atoms with Crippen LogP contribution in [0.2, 0.25) is 0 Å². The number of carboxylic acid groups (broad SMARTS) is 1. The van der Waals surface area contributed by atoms with Crippen LogP contribution in [0.1, 0.15) is 47.0 Å². The normalized spacial score (nSPS) is 20.1. The van der Waals surface area contributed by atoms with Crippen molar-refractivity contribution in [2.45, 2.75) is 47.0 Å². The Morgan fingerprint density at radius 2 is 1.21 bits per heavy atom. The predicted octanol–water partition coefficient (Wildman–Crippen LogP) is 1.87. The fourth-order valence-corrected chi connectivity index (χ4v) is 3.48. The van der Waals surface area contributed by atoms with Crippen LogP contribution in [0, 0.1) is 17.8 Å². The van der Waals surface area contributed by atoms with Crippen LogP contribution in [-0.2, 0) is 23.9 Å². The molecule has 2 amide bonds. The van der Waals surface area contributed by atoms with E-state index in [1.165, 1.54) is 0 Å². The summed E-state index contributed by atoms with van der Waals surface area (Å²) in [5.74, 6) is -1.77. The van der Waals surface area contributed by atoms with Gasteiger partial charge in [-0.1, -0.05) is 34.1 Å². The first-order chi connectivity index (χ1) is 13.8. The predicted molar refractivity (Wildman–Crippen MR) is 109 cm³/mol. The van der Waals surface area contributed by atoms with E-state index in [0.29, 0.717) is 59.0 Å². The summed E-state index contributed by atoms with van der Waals surface area (Å²) in [6.07, 6.45) is 2.15. The van der Waals surface area contributed by atoms with Gasteiger partial charge >= 0.3 is 5.97 Å². The van der Waals surface area contributed by atoms with Gasteiger partial charge in [0.2, 0.25) is 11.8 Å². The van der Waals surface area contributed by atoms with Crippen LogP contribution in [0.15, 0.2) is 0 Å². The monoisotopic (exact) mass is 414 g/mol. The van der Waals surface area contributed by atoms with Crippen LogP contribution in [0.4, 0.5) is 0 Å². The maximum atomic E-state index is 12.7. The van der Waals surface area contributed by atoms with Gasteiger partial charge in [-0.3, -0.25) is 14.4 Å². The molecule has 0 spiro atoms. The SMILES string of the molecule is CCC[C@H](C)C(=O)N1CCOCCN(C(=O)[C@@H](C)C[C@@H](C)C(=O)O)CCOCC1. The molecule has 3 atom stereocenters. The minimum Gasteiger partial charge on any atom is -0.481 e. The zero-order valence-electron chi connectivity index (χ0n) is 18.4. The van der Waals surface area contributed by atoms with E-state index in [-0.39, 0.29) is 23.7 Å². The van der Waals surface area contributed by atoms with E-state index in [0.717, 1.165) is 12.8 Å². The van der Waals surface area contributed by atoms with E-state index in [4.69, 9.17) is 14.6 Å². The Morgan fingerprint density at radius 3 is 1.59 bits per heavy atom. The zero-order chi connectivity index (χ0) is 21.8. The van der Waals surface area contributed by atoms with E-state index in [2.05, 4.69) is 6.92 Å². The standard InChI is InChI=1S/C21H38N2O6/c1-5-6-16(2)19(24)22-7-11-28-13-9-23(10-14-29-12-8-22)20(25)17(3)15-18(4)21(26)27/h16-18H,5-15H2,1-4H3,(H,26,27)/t16-,17-,18+/m0/s1. The average Bonchev–Trinajstić information content (AvgIpc) is 2.67. The van der Waals surface area contributed by atoms with Crippen molar-refractivity contribution in [2.75, 3.05) is 52.6 Å². The molecular weight excluding hydrogens is 376 g/mol. The quantitative estimate of drug-likeness (QED) is 0.683. The number of amides is 2. The van der Waals surface area contributed by atoms with Gasteiger partial charge in [0.15, 0.2) is 0 Å². The third-order valence-corrected chi connectivity index (χ3v) is 5.34. The van der Waals surface area contributed by atoms with Gasteiger partial charge in [0, 0.05) is 38.0 Å². The van der Waals surface area contributed by atoms with Gasteiger partial charge in [0.1, 0.15) is 0 Å². The lowest BCUT2D eigenvalue weighted by Gasteiger charge is -2.29. The van der Waals surface area contributed by atoms with Crippen LogP contribution < -0.4 is 0 Å². The largest absolute Gasteiger partial charge is 0.481 e. The molecule has 0 saturated carbocycles. The molecule has 1 N–H and O–H groups in total. The Bertz CT molecular complexity index is 513. The van der Waals surface area contributed by atoms with Gasteiger partial charge in [0.25, 0.3) is 0 Å². The number of nitrogens with zero attached hydrogens (tertiary/aromatic N) is 2. The fourth-order valence-electron chi connectivity index (χ4n) is 3.48. The molecular formula is C21H38N2O6. The van der Waals surface area contributed by atoms with Crippen molar-refractivity contribution in [1.29, 1.82) is 0 Å². The van der Waals surface area contributed by atoms with Gasteiger partial charge in [-0.2, -0.15) is 0 Å². The summed E-state index contributed by atoms with van der Waals surface area (Å²) in [5.41, 5.74) is 0. The Balaban J connectivity index is 2.58. The van der Waals surface area contributed by atoms with Crippen molar-refractivity contribution in [3.8, 4) is 0 Å². The molecule has 1 aliphatic rings. The van der Waals surface area contributed by atoms with E-state index in [1.807, 2.05) is 6.92 Å². The molecule has 8 heteroatoms. The number of aliphatic carboxylic acids is 1. The molecule has 8 nitrogen and oxygen atoms in total.